The number of rotatable bonds is 5. The van der Waals surface area contributed by atoms with Crippen LogP contribution in [0.4, 0.5) is 0 Å². The number of amides is 2. The van der Waals surface area contributed by atoms with E-state index in [1.54, 1.807) is 41.2 Å². The van der Waals surface area contributed by atoms with Crippen LogP contribution in [0.3, 0.4) is 0 Å². The highest BCUT2D eigenvalue weighted by Crippen LogP contribution is 2.36. The van der Waals surface area contributed by atoms with Gasteiger partial charge in [-0.2, -0.15) is 0 Å². The Morgan fingerprint density at radius 1 is 1.14 bits per heavy atom. The Hall–Kier alpha value is -2.53. The van der Waals surface area contributed by atoms with Gasteiger partial charge in [0.05, 0.1) is 13.0 Å². The van der Waals surface area contributed by atoms with Crippen molar-refractivity contribution in [3.05, 3.63) is 64.7 Å². The first-order chi connectivity index (χ1) is 13.8. The molecule has 1 saturated heterocycles. The molecule has 0 aliphatic carbocycles. The molecule has 6 heteroatoms. The molecule has 1 heterocycles. The van der Waals surface area contributed by atoms with Crippen LogP contribution in [0, 0.1) is 5.92 Å². The van der Waals surface area contributed by atoms with Gasteiger partial charge >= 0.3 is 0 Å². The first kappa shape index (κ1) is 21.2. The largest absolute Gasteiger partial charge is 0.497 e. The molecule has 5 nitrogen and oxygen atoms in total. The van der Waals surface area contributed by atoms with Gasteiger partial charge < -0.3 is 14.5 Å². The summed E-state index contributed by atoms with van der Waals surface area (Å²) in [5.74, 6) is 0.280. The van der Waals surface area contributed by atoms with Gasteiger partial charge in [0.15, 0.2) is 0 Å². The van der Waals surface area contributed by atoms with E-state index in [0.717, 1.165) is 11.3 Å². The van der Waals surface area contributed by atoms with E-state index in [-0.39, 0.29) is 29.7 Å². The zero-order valence-corrected chi connectivity index (χ0v) is 18.0. The molecule has 29 heavy (non-hydrogen) atoms. The standard InChI is InChI=1S/C23H27ClN2O3/c1-15(2)25(3)23(28)21-14-26(22(27)17-8-5-9-18(24)11-17)13-20(21)16-7-6-10-19(12-16)29-4/h5-12,15,20-21H,13-14H2,1-4H3. The maximum Gasteiger partial charge on any atom is 0.253 e. The number of hydrogen-bond donors (Lipinski definition) is 0. The maximum absolute atomic E-state index is 13.2. The summed E-state index contributed by atoms with van der Waals surface area (Å²) in [6.07, 6.45) is 0. The van der Waals surface area contributed by atoms with Crippen molar-refractivity contribution in [1.82, 2.24) is 9.80 Å². The van der Waals surface area contributed by atoms with Crippen molar-refractivity contribution >= 4 is 23.4 Å². The van der Waals surface area contributed by atoms with Crippen LogP contribution in [-0.2, 0) is 4.79 Å². The van der Waals surface area contributed by atoms with E-state index in [9.17, 15) is 9.59 Å². The van der Waals surface area contributed by atoms with Gasteiger partial charge in [0.25, 0.3) is 5.91 Å². The fourth-order valence-electron chi connectivity index (χ4n) is 3.75. The Morgan fingerprint density at radius 2 is 1.86 bits per heavy atom. The van der Waals surface area contributed by atoms with Gasteiger partial charge in [-0.05, 0) is 49.7 Å². The normalized spacial score (nSPS) is 18.8. The van der Waals surface area contributed by atoms with Crippen molar-refractivity contribution in [1.29, 1.82) is 0 Å². The molecule has 0 radical (unpaired) electrons. The number of hydrogen-bond acceptors (Lipinski definition) is 3. The van der Waals surface area contributed by atoms with Crippen LogP contribution >= 0.6 is 11.6 Å². The van der Waals surface area contributed by atoms with Crippen LogP contribution in [-0.4, -0.2) is 54.9 Å². The second-order valence-electron chi connectivity index (χ2n) is 7.75. The summed E-state index contributed by atoms with van der Waals surface area (Å²) in [6.45, 7) is 4.83. The summed E-state index contributed by atoms with van der Waals surface area (Å²) in [7, 11) is 3.44. The lowest BCUT2D eigenvalue weighted by Crippen LogP contribution is -2.40. The van der Waals surface area contributed by atoms with Crippen molar-refractivity contribution in [2.24, 2.45) is 5.92 Å². The topological polar surface area (TPSA) is 49.9 Å². The molecule has 2 atom stereocenters. The minimum Gasteiger partial charge on any atom is -0.497 e. The van der Waals surface area contributed by atoms with E-state index >= 15 is 0 Å². The molecule has 154 valence electrons. The molecule has 2 amide bonds. The van der Waals surface area contributed by atoms with E-state index in [1.807, 2.05) is 45.2 Å². The lowest BCUT2D eigenvalue weighted by molar-refractivity contribution is -0.135. The van der Waals surface area contributed by atoms with Gasteiger partial charge in [-0.3, -0.25) is 9.59 Å². The second-order valence-corrected chi connectivity index (χ2v) is 8.19. The predicted octanol–water partition coefficient (Wildman–Crippen LogP) is 4.07. The lowest BCUT2D eigenvalue weighted by Gasteiger charge is -2.27. The number of likely N-dealkylation sites (tertiary alicyclic amines) is 1. The van der Waals surface area contributed by atoms with E-state index < -0.39 is 0 Å². The lowest BCUT2D eigenvalue weighted by atomic mass is 9.87. The third-order valence-corrected chi connectivity index (χ3v) is 5.88. The van der Waals surface area contributed by atoms with Gasteiger partial charge in [-0.1, -0.05) is 29.8 Å². The van der Waals surface area contributed by atoms with Crippen LogP contribution in [0.15, 0.2) is 48.5 Å². The average molecular weight is 415 g/mol. The third kappa shape index (κ3) is 4.56. The number of methoxy groups -OCH3 is 1. The SMILES string of the molecule is COc1cccc(C2CN(C(=O)c3cccc(Cl)c3)CC2C(=O)N(C)C(C)C)c1. The maximum atomic E-state index is 13.2. The smallest absolute Gasteiger partial charge is 0.253 e. The van der Waals surface area contributed by atoms with E-state index in [4.69, 9.17) is 16.3 Å². The molecule has 2 unspecified atom stereocenters. The monoisotopic (exact) mass is 414 g/mol. The Labute approximate surface area is 177 Å². The van der Waals surface area contributed by atoms with Crippen LogP contribution in [0.5, 0.6) is 5.75 Å². The van der Waals surface area contributed by atoms with Crippen LogP contribution in [0.1, 0.15) is 35.7 Å². The highest BCUT2D eigenvalue weighted by molar-refractivity contribution is 6.30. The Bertz CT molecular complexity index is 899. The number of carbonyl (C=O) groups is 2. The number of halogens is 1. The van der Waals surface area contributed by atoms with Crippen molar-refractivity contribution in [3.8, 4) is 5.75 Å². The van der Waals surface area contributed by atoms with Crippen LogP contribution in [0.25, 0.3) is 0 Å². The fraction of sp³-hybridized carbons (Fsp3) is 0.391. The molecule has 0 spiro atoms. The van der Waals surface area contributed by atoms with E-state index in [0.29, 0.717) is 23.7 Å². The Kier molecular flexibility index (Phi) is 6.48. The van der Waals surface area contributed by atoms with E-state index in [1.165, 1.54) is 0 Å². The fourth-order valence-corrected chi connectivity index (χ4v) is 3.94. The summed E-state index contributed by atoms with van der Waals surface area (Å²) in [6, 6.07) is 14.8. The minimum atomic E-state index is -0.308. The Balaban J connectivity index is 1.93. The molecule has 2 aromatic carbocycles. The van der Waals surface area contributed by atoms with Gasteiger partial charge in [-0.15, -0.1) is 0 Å². The molecule has 1 aliphatic heterocycles. The molecule has 3 rings (SSSR count). The third-order valence-electron chi connectivity index (χ3n) is 5.64. The van der Waals surface area contributed by atoms with Crippen LogP contribution < -0.4 is 4.74 Å². The average Bonchev–Trinajstić information content (AvgIpc) is 3.17. The quantitative estimate of drug-likeness (QED) is 0.741. The molecular formula is C23H27ClN2O3. The summed E-state index contributed by atoms with van der Waals surface area (Å²) in [4.78, 5) is 29.8. The first-order valence-electron chi connectivity index (χ1n) is 9.77. The zero-order valence-electron chi connectivity index (χ0n) is 17.3. The number of nitrogens with zero attached hydrogens (tertiary/aromatic N) is 2. The summed E-state index contributed by atoms with van der Waals surface area (Å²) in [5, 5.41) is 0.520. The molecule has 2 aromatic rings. The highest BCUT2D eigenvalue weighted by Gasteiger charge is 2.42. The van der Waals surface area contributed by atoms with Crippen molar-refractivity contribution in [2.75, 3.05) is 27.2 Å². The van der Waals surface area contributed by atoms with Crippen molar-refractivity contribution in [3.63, 3.8) is 0 Å². The Morgan fingerprint density at radius 3 is 2.52 bits per heavy atom. The number of benzene rings is 2. The molecular weight excluding hydrogens is 388 g/mol. The molecule has 1 aliphatic rings. The minimum absolute atomic E-state index is 0.0502. The predicted molar refractivity (Wildman–Crippen MR) is 114 cm³/mol. The molecule has 0 saturated carbocycles. The summed E-state index contributed by atoms with van der Waals surface area (Å²) < 4.78 is 5.36. The molecule has 0 aromatic heterocycles. The van der Waals surface area contributed by atoms with Crippen LogP contribution in [0.2, 0.25) is 5.02 Å². The highest BCUT2D eigenvalue weighted by atomic mass is 35.5. The number of carbonyl (C=O) groups excluding carboxylic acids is 2. The van der Waals surface area contributed by atoms with E-state index in [2.05, 4.69) is 0 Å². The van der Waals surface area contributed by atoms with Gasteiger partial charge in [0, 0.05) is 42.7 Å². The molecule has 0 N–H and O–H groups in total. The van der Waals surface area contributed by atoms with Crippen molar-refractivity contribution in [2.45, 2.75) is 25.8 Å². The van der Waals surface area contributed by atoms with Gasteiger partial charge in [0.2, 0.25) is 5.91 Å². The molecule has 0 bridgehead atoms. The summed E-state index contributed by atoms with van der Waals surface area (Å²) >= 11 is 6.06. The van der Waals surface area contributed by atoms with Crippen molar-refractivity contribution < 1.29 is 14.3 Å². The molecule has 1 fully saturated rings. The first-order valence-corrected chi connectivity index (χ1v) is 10.1. The zero-order chi connectivity index (χ0) is 21.1. The van der Waals surface area contributed by atoms with Gasteiger partial charge in [-0.25, -0.2) is 0 Å². The van der Waals surface area contributed by atoms with Gasteiger partial charge in [0.1, 0.15) is 5.75 Å². The second kappa shape index (κ2) is 8.87. The number of ether oxygens (including phenoxy) is 1. The summed E-state index contributed by atoms with van der Waals surface area (Å²) in [5.41, 5.74) is 1.54.